The average molecular weight is 331 g/mol. The second-order valence-electron chi connectivity index (χ2n) is 6.57. The smallest absolute Gasteiger partial charge is 0.254 e. The van der Waals surface area contributed by atoms with Crippen LogP contribution >= 0.6 is 0 Å². The molecule has 4 rings (SSSR count). The van der Waals surface area contributed by atoms with E-state index in [2.05, 4.69) is 17.1 Å². The Kier molecular flexibility index (Phi) is 4.10. The van der Waals surface area contributed by atoms with Gasteiger partial charge in [0.2, 0.25) is 0 Å². The van der Waals surface area contributed by atoms with Crippen LogP contribution in [0.5, 0.6) is 0 Å². The lowest BCUT2D eigenvalue weighted by molar-refractivity contribution is 0.0724. The molecule has 1 aromatic heterocycles. The van der Waals surface area contributed by atoms with Crippen LogP contribution in [0.2, 0.25) is 0 Å². The third-order valence-electron chi connectivity index (χ3n) is 4.70. The van der Waals surface area contributed by atoms with Crippen molar-refractivity contribution in [2.45, 2.75) is 25.4 Å². The third-order valence-corrected chi connectivity index (χ3v) is 4.70. The van der Waals surface area contributed by atoms with Gasteiger partial charge in [-0.25, -0.2) is 4.98 Å². The summed E-state index contributed by atoms with van der Waals surface area (Å²) in [5, 5.41) is 0. The van der Waals surface area contributed by atoms with Gasteiger partial charge in [0, 0.05) is 31.0 Å². The van der Waals surface area contributed by atoms with E-state index >= 15 is 0 Å². The summed E-state index contributed by atoms with van der Waals surface area (Å²) in [4.78, 5) is 19.5. The molecule has 4 heteroatoms. The summed E-state index contributed by atoms with van der Waals surface area (Å²) in [6.45, 7) is 0.558. The quantitative estimate of drug-likeness (QED) is 0.711. The normalized spacial score (nSPS) is 13.6. The largest absolute Gasteiger partial charge is 0.337 e. The monoisotopic (exact) mass is 331 g/mol. The Bertz CT molecular complexity index is 881. The zero-order chi connectivity index (χ0) is 17.2. The summed E-state index contributed by atoms with van der Waals surface area (Å²) in [6.07, 6.45) is 5.85. The van der Waals surface area contributed by atoms with Crippen LogP contribution in [-0.2, 0) is 13.6 Å². The molecule has 126 valence electrons. The third kappa shape index (κ3) is 3.33. The van der Waals surface area contributed by atoms with Crippen molar-refractivity contribution in [1.82, 2.24) is 14.5 Å². The van der Waals surface area contributed by atoms with Gasteiger partial charge in [0.1, 0.15) is 5.82 Å². The molecule has 0 atom stereocenters. The first-order chi connectivity index (χ1) is 12.2. The number of imidazole rings is 1. The van der Waals surface area contributed by atoms with E-state index in [9.17, 15) is 4.79 Å². The fraction of sp³-hybridized carbons (Fsp3) is 0.238. The number of carbonyl (C=O) groups excluding carboxylic acids is 1. The number of amides is 1. The Morgan fingerprint density at radius 2 is 1.88 bits per heavy atom. The van der Waals surface area contributed by atoms with Crippen LogP contribution in [0.25, 0.3) is 11.1 Å². The molecule has 0 N–H and O–H groups in total. The van der Waals surface area contributed by atoms with Gasteiger partial charge < -0.3 is 9.47 Å². The summed E-state index contributed by atoms with van der Waals surface area (Å²) >= 11 is 0. The molecule has 3 aromatic rings. The van der Waals surface area contributed by atoms with Gasteiger partial charge in [0.05, 0.1) is 6.54 Å². The standard InChI is InChI=1S/C21H21N3O/c1-23-13-12-22-20(23)15-24(19-10-11-19)21(25)18-9-5-8-17(14-18)16-6-3-2-4-7-16/h2-9,12-14,19H,10-11,15H2,1H3. The highest BCUT2D eigenvalue weighted by molar-refractivity contribution is 5.95. The number of benzene rings is 2. The van der Waals surface area contributed by atoms with Crippen LogP contribution in [0.1, 0.15) is 29.0 Å². The van der Waals surface area contributed by atoms with Crippen molar-refractivity contribution in [2.75, 3.05) is 0 Å². The molecule has 0 bridgehead atoms. The zero-order valence-electron chi connectivity index (χ0n) is 14.3. The fourth-order valence-corrected chi connectivity index (χ4v) is 3.08. The van der Waals surface area contributed by atoms with Crippen LogP contribution in [0.3, 0.4) is 0 Å². The van der Waals surface area contributed by atoms with Crippen LogP contribution in [-0.4, -0.2) is 26.4 Å². The molecule has 2 aromatic carbocycles. The molecule has 1 fully saturated rings. The summed E-state index contributed by atoms with van der Waals surface area (Å²) in [7, 11) is 1.97. The lowest BCUT2D eigenvalue weighted by Crippen LogP contribution is -2.33. The molecule has 1 aliphatic carbocycles. The number of hydrogen-bond donors (Lipinski definition) is 0. The Morgan fingerprint density at radius 3 is 2.56 bits per heavy atom. The first-order valence-corrected chi connectivity index (χ1v) is 8.65. The maximum atomic E-state index is 13.1. The number of aromatic nitrogens is 2. The zero-order valence-corrected chi connectivity index (χ0v) is 14.3. The van der Waals surface area contributed by atoms with Crippen LogP contribution in [0.4, 0.5) is 0 Å². The highest BCUT2D eigenvalue weighted by Crippen LogP contribution is 2.30. The first kappa shape index (κ1) is 15.6. The van der Waals surface area contributed by atoms with Crippen molar-refractivity contribution in [3.8, 4) is 11.1 Å². The van der Waals surface area contributed by atoms with Gasteiger partial charge in [0.25, 0.3) is 5.91 Å². The number of hydrogen-bond acceptors (Lipinski definition) is 2. The molecule has 0 saturated heterocycles. The van der Waals surface area contributed by atoms with Crippen molar-refractivity contribution < 1.29 is 4.79 Å². The van der Waals surface area contributed by atoms with E-state index in [1.165, 1.54) is 0 Å². The van der Waals surface area contributed by atoms with E-state index in [-0.39, 0.29) is 5.91 Å². The van der Waals surface area contributed by atoms with Gasteiger partial charge in [-0.05, 0) is 36.1 Å². The predicted octanol–water partition coefficient (Wildman–Crippen LogP) is 3.89. The maximum absolute atomic E-state index is 13.1. The topological polar surface area (TPSA) is 38.1 Å². The van der Waals surface area contributed by atoms with E-state index < -0.39 is 0 Å². The van der Waals surface area contributed by atoms with E-state index in [1.807, 2.05) is 65.2 Å². The minimum atomic E-state index is 0.0864. The molecule has 1 aliphatic rings. The fourth-order valence-electron chi connectivity index (χ4n) is 3.08. The second-order valence-corrected chi connectivity index (χ2v) is 6.57. The van der Waals surface area contributed by atoms with Crippen molar-refractivity contribution in [2.24, 2.45) is 7.05 Å². The second kappa shape index (κ2) is 6.55. The number of rotatable bonds is 5. The number of aryl methyl sites for hydroxylation is 1. The first-order valence-electron chi connectivity index (χ1n) is 8.65. The van der Waals surface area contributed by atoms with E-state index in [0.29, 0.717) is 12.6 Å². The Hall–Kier alpha value is -2.88. The van der Waals surface area contributed by atoms with Crippen molar-refractivity contribution in [1.29, 1.82) is 0 Å². The Morgan fingerprint density at radius 1 is 1.12 bits per heavy atom. The minimum Gasteiger partial charge on any atom is -0.337 e. The lowest BCUT2D eigenvalue weighted by atomic mass is 10.0. The van der Waals surface area contributed by atoms with E-state index in [1.54, 1.807) is 6.20 Å². The average Bonchev–Trinajstić information content (AvgIpc) is 3.42. The molecule has 0 aliphatic heterocycles. The van der Waals surface area contributed by atoms with Gasteiger partial charge in [-0.15, -0.1) is 0 Å². The van der Waals surface area contributed by atoms with Crippen molar-refractivity contribution in [3.05, 3.63) is 78.4 Å². The van der Waals surface area contributed by atoms with Gasteiger partial charge in [-0.2, -0.15) is 0 Å². The Labute approximate surface area is 147 Å². The maximum Gasteiger partial charge on any atom is 0.254 e. The molecular formula is C21H21N3O. The molecule has 4 nitrogen and oxygen atoms in total. The van der Waals surface area contributed by atoms with Crippen LogP contribution < -0.4 is 0 Å². The van der Waals surface area contributed by atoms with E-state index in [0.717, 1.165) is 35.4 Å². The van der Waals surface area contributed by atoms with Crippen LogP contribution in [0.15, 0.2) is 67.0 Å². The summed E-state index contributed by atoms with van der Waals surface area (Å²) in [6, 6.07) is 18.4. The predicted molar refractivity (Wildman–Crippen MR) is 98.0 cm³/mol. The molecule has 0 radical (unpaired) electrons. The lowest BCUT2D eigenvalue weighted by Gasteiger charge is -2.22. The van der Waals surface area contributed by atoms with Crippen molar-refractivity contribution >= 4 is 5.91 Å². The molecular weight excluding hydrogens is 310 g/mol. The highest BCUT2D eigenvalue weighted by Gasteiger charge is 2.33. The van der Waals surface area contributed by atoms with E-state index in [4.69, 9.17) is 0 Å². The van der Waals surface area contributed by atoms with Gasteiger partial charge >= 0.3 is 0 Å². The van der Waals surface area contributed by atoms with Gasteiger partial charge in [-0.3, -0.25) is 4.79 Å². The molecule has 1 heterocycles. The molecule has 25 heavy (non-hydrogen) atoms. The van der Waals surface area contributed by atoms with Gasteiger partial charge in [-0.1, -0.05) is 42.5 Å². The molecule has 1 amide bonds. The summed E-state index contributed by atoms with van der Waals surface area (Å²) in [5.74, 6) is 1.00. The number of carbonyl (C=O) groups is 1. The molecule has 0 spiro atoms. The summed E-state index contributed by atoms with van der Waals surface area (Å²) in [5.41, 5.74) is 2.93. The summed E-state index contributed by atoms with van der Waals surface area (Å²) < 4.78 is 1.98. The number of nitrogens with zero attached hydrogens (tertiary/aromatic N) is 3. The van der Waals surface area contributed by atoms with Crippen LogP contribution in [0, 0.1) is 0 Å². The van der Waals surface area contributed by atoms with Gasteiger partial charge in [0.15, 0.2) is 0 Å². The molecule has 1 saturated carbocycles. The molecule has 0 unspecified atom stereocenters. The van der Waals surface area contributed by atoms with Crippen molar-refractivity contribution in [3.63, 3.8) is 0 Å². The highest BCUT2D eigenvalue weighted by atomic mass is 16.2. The SMILES string of the molecule is Cn1ccnc1CN(C(=O)c1cccc(-c2ccccc2)c1)C1CC1. The minimum absolute atomic E-state index is 0.0864. The Balaban J connectivity index is 1.61.